The summed E-state index contributed by atoms with van der Waals surface area (Å²) in [5.74, 6) is -0.994. The lowest BCUT2D eigenvalue weighted by molar-refractivity contribution is -0.120. The van der Waals surface area contributed by atoms with Crippen LogP contribution >= 0.6 is 0 Å². The fourth-order valence-corrected chi connectivity index (χ4v) is 6.16. The molecule has 14 heteroatoms. The summed E-state index contributed by atoms with van der Waals surface area (Å²) >= 11 is 0. The van der Waals surface area contributed by atoms with Crippen LogP contribution in [0.2, 0.25) is 0 Å². The highest BCUT2D eigenvalue weighted by Crippen LogP contribution is 2.39. The van der Waals surface area contributed by atoms with Crippen molar-refractivity contribution in [1.29, 1.82) is 0 Å². The molecule has 3 aromatic rings. The zero-order valence-corrected chi connectivity index (χ0v) is 23.7. The predicted molar refractivity (Wildman–Crippen MR) is 147 cm³/mol. The van der Waals surface area contributed by atoms with Gasteiger partial charge in [0.25, 0.3) is 0 Å². The van der Waals surface area contributed by atoms with E-state index in [4.69, 9.17) is 9.47 Å². The number of anilines is 3. The van der Waals surface area contributed by atoms with Crippen LogP contribution < -0.4 is 21.1 Å². The molecule has 12 nitrogen and oxygen atoms in total. The van der Waals surface area contributed by atoms with Crippen molar-refractivity contribution in [2.75, 3.05) is 37.0 Å². The molecule has 3 aliphatic heterocycles. The number of aromatic nitrogens is 6. The molecule has 3 aliphatic rings. The zero-order valence-electron chi connectivity index (χ0n) is 23.7. The lowest BCUT2D eigenvalue weighted by Crippen LogP contribution is -2.55. The van der Waals surface area contributed by atoms with Crippen molar-refractivity contribution in [3.05, 3.63) is 40.4 Å². The van der Waals surface area contributed by atoms with Crippen molar-refractivity contribution in [2.45, 2.75) is 64.1 Å². The highest BCUT2D eigenvalue weighted by atomic mass is 19.1. The molecule has 2 N–H and O–H groups in total. The van der Waals surface area contributed by atoms with Gasteiger partial charge in [-0.3, -0.25) is 4.90 Å². The van der Waals surface area contributed by atoms with Crippen molar-refractivity contribution >= 4 is 17.5 Å². The van der Waals surface area contributed by atoms with Gasteiger partial charge in [0.15, 0.2) is 17.5 Å². The number of piperidine rings is 1. The molecule has 0 amide bonds. The summed E-state index contributed by atoms with van der Waals surface area (Å²) in [4.78, 5) is 24.2. The maximum Gasteiger partial charge on any atom is 0.383 e. The van der Waals surface area contributed by atoms with E-state index in [0.29, 0.717) is 19.3 Å². The fourth-order valence-electron chi connectivity index (χ4n) is 6.16. The first-order valence-electron chi connectivity index (χ1n) is 13.9. The summed E-state index contributed by atoms with van der Waals surface area (Å²) in [7, 11) is 1.49. The molecule has 0 unspecified atom stereocenters. The van der Waals surface area contributed by atoms with Crippen LogP contribution in [0.3, 0.4) is 0 Å². The van der Waals surface area contributed by atoms with Crippen molar-refractivity contribution in [3.8, 4) is 11.4 Å². The predicted octanol–water partition coefficient (Wildman–Crippen LogP) is 3.01. The molecule has 2 aromatic heterocycles. The molecule has 0 spiro atoms. The van der Waals surface area contributed by atoms with Gasteiger partial charge in [-0.1, -0.05) is 12.0 Å². The van der Waals surface area contributed by atoms with Crippen molar-refractivity contribution < 1.29 is 18.3 Å². The second-order valence-corrected chi connectivity index (χ2v) is 12.3. The van der Waals surface area contributed by atoms with Gasteiger partial charge in [-0.2, -0.15) is 4.98 Å². The molecule has 0 radical (unpaired) electrons. The Kier molecular flexibility index (Phi) is 6.92. The Labute approximate surface area is 236 Å². The number of rotatable bonds is 8. The van der Waals surface area contributed by atoms with E-state index in [1.807, 2.05) is 6.92 Å². The standard InChI is InChI=1S/C27H35F2N9O3/c1-26(2)11-16(8-17-6-5-7-37(17)26)31-23-19(29)12-30-24(33-23)32-20-10-21(38-35-34-25(39)36(38)4)22(9-18(20)28)41-15-27(3)13-40-14-27/h9-10,12,16-17H,5-8,11,13-15H2,1-4H3,(H2,30,31,32,33)/t16-,17+/m1/s1. The summed E-state index contributed by atoms with van der Waals surface area (Å²) in [6.45, 7) is 8.88. The molecular formula is C27H35F2N9O3. The third kappa shape index (κ3) is 5.37. The Balaban J connectivity index is 1.26. The van der Waals surface area contributed by atoms with Crippen molar-refractivity contribution in [3.63, 3.8) is 0 Å². The molecule has 3 saturated heterocycles. The number of halogens is 2. The van der Waals surface area contributed by atoms with Crippen LogP contribution in [0.1, 0.15) is 46.5 Å². The molecule has 3 fully saturated rings. The molecule has 0 bridgehead atoms. The van der Waals surface area contributed by atoms with Gasteiger partial charge < -0.3 is 20.1 Å². The van der Waals surface area contributed by atoms with E-state index in [2.05, 4.69) is 49.7 Å². The summed E-state index contributed by atoms with van der Waals surface area (Å²) in [5.41, 5.74) is -0.519. The summed E-state index contributed by atoms with van der Waals surface area (Å²) in [5, 5.41) is 13.6. The summed E-state index contributed by atoms with van der Waals surface area (Å²) in [6, 6.07) is 3.13. The second kappa shape index (κ2) is 10.3. The number of hydrogen-bond acceptors (Lipinski definition) is 10. The van der Waals surface area contributed by atoms with Gasteiger partial charge in [0.2, 0.25) is 5.95 Å². The number of nitrogens with zero attached hydrogens (tertiary/aromatic N) is 7. The van der Waals surface area contributed by atoms with Gasteiger partial charge in [0, 0.05) is 36.2 Å². The number of tetrazole rings is 1. The van der Waals surface area contributed by atoms with Crippen molar-refractivity contribution in [2.24, 2.45) is 12.5 Å². The van der Waals surface area contributed by atoms with Crippen LogP contribution in [-0.4, -0.2) is 78.6 Å². The number of hydrogen-bond donors (Lipinski definition) is 2. The van der Waals surface area contributed by atoms with E-state index in [-0.39, 0.29) is 52.5 Å². The molecule has 0 saturated carbocycles. The van der Waals surface area contributed by atoms with Crippen LogP contribution in [-0.2, 0) is 11.8 Å². The monoisotopic (exact) mass is 571 g/mol. The lowest BCUT2D eigenvalue weighted by atomic mass is 9.84. The third-order valence-electron chi connectivity index (χ3n) is 8.31. The first-order valence-corrected chi connectivity index (χ1v) is 13.9. The van der Waals surface area contributed by atoms with E-state index in [9.17, 15) is 9.18 Å². The first kappa shape index (κ1) is 27.5. The van der Waals surface area contributed by atoms with Gasteiger partial charge >= 0.3 is 5.69 Å². The van der Waals surface area contributed by atoms with Crippen LogP contribution in [0.4, 0.5) is 26.2 Å². The summed E-state index contributed by atoms with van der Waals surface area (Å²) < 4.78 is 42.6. The maximum atomic E-state index is 15.4. The van der Waals surface area contributed by atoms with E-state index in [1.54, 1.807) is 0 Å². The SMILES string of the molecule is Cn1c(=O)nnn1-c1cc(Nc2ncc(F)c(N[C@@H]3C[C@@H]4CCCN4C(C)(C)C3)n2)c(F)cc1OCC1(C)COC1. The molecular weight excluding hydrogens is 536 g/mol. The Bertz CT molecular complexity index is 1500. The minimum Gasteiger partial charge on any atom is -0.490 e. The van der Waals surface area contributed by atoms with Gasteiger partial charge in [-0.05, 0) is 57.4 Å². The zero-order chi connectivity index (χ0) is 28.9. The molecule has 2 atom stereocenters. The second-order valence-electron chi connectivity index (χ2n) is 12.3. The highest BCUT2D eigenvalue weighted by molar-refractivity contribution is 5.63. The topological polar surface area (TPSA) is 124 Å². The van der Waals surface area contributed by atoms with Crippen LogP contribution in [0, 0.1) is 17.0 Å². The number of nitrogens with one attached hydrogen (secondary N) is 2. The number of fused-ring (bicyclic) bond motifs is 1. The van der Waals surface area contributed by atoms with E-state index >= 15 is 4.39 Å². The van der Waals surface area contributed by atoms with E-state index in [0.717, 1.165) is 32.0 Å². The Morgan fingerprint density at radius 3 is 2.71 bits per heavy atom. The average molecular weight is 572 g/mol. The largest absolute Gasteiger partial charge is 0.490 e. The van der Waals surface area contributed by atoms with Crippen molar-refractivity contribution in [1.82, 2.24) is 34.7 Å². The molecule has 5 heterocycles. The minimum atomic E-state index is -0.651. The third-order valence-corrected chi connectivity index (χ3v) is 8.31. The van der Waals surface area contributed by atoms with E-state index in [1.165, 1.54) is 35.1 Å². The van der Waals surface area contributed by atoms with E-state index < -0.39 is 17.3 Å². The quantitative estimate of drug-likeness (QED) is 0.417. The normalized spacial score (nSPS) is 23.1. The number of benzene rings is 1. The Hall–Kier alpha value is -3.65. The summed E-state index contributed by atoms with van der Waals surface area (Å²) in [6.07, 6.45) is 5.11. The molecule has 6 rings (SSSR count). The van der Waals surface area contributed by atoms with Gasteiger partial charge in [-0.25, -0.2) is 23.2 Å². The number of ether oxygens (including phenoxy) is 2. The molecule has 0 aliphatic carbocycles. The minimum absolute atomic E-state index is 0.00441. The average Bonchev–Trinajstić information content (AvgIpc) is 3.52. The fraction of sp³-hybridized carbons (Fsp3) is 0.593. The maximum absolute atomic E-state index is 15.4. The van der Waals surface area contributed by atoms with Gasteiger partial charge in [0.05, 0.1) is 31.7 Å². The molecule has 1 aromatic carbocycles. The first-order chi connectivity index (χ1) is 19.5. The smallest absolute Gasteiger partial charge is 0.383 e. The molecule has 220 valence electrons. The van der Waals surface area contributed by atoms with Crippen LogP contribution in [0.5, 0.6) is 5.75 Å². The highest BCUT2D eigenvalue weighted by Gasteiger charge is 2.43. The molecule has 41 heavy (non-hydrogen) atoms. The van der Waals surface area contributed by atoms with Crippen LogP contribution in [0.15, 0.2) is 23.1 Å². The lowest BCUT2D eigenvalue weighted by Gasteiger charge is -2.47. The van der Waals surface area contributed by atoms with Gasteiger partial charge in [-0.15, -0.1) is 4.80 Å². The Morgan fingerprint density at radius 1 is 1.20 bits per heavy atom. The Morgan fingerprint density at radius 2 is 2.00 bits per heavy atom. The van der Waals surface area contributed by atoms with Crippen LogP contribution in [0.25, 0.3) is 5.69 Å². The van der Waals surface area contributed by atoms with Gasteiger partial charge in [0.1, 0.15) is 11.4 Å².